The summed E-state index contributed by atoms with van der Waals surface area (Å²) in [5.41, 5.74) is 4.45. The van der Waals surface area contributed by atoms with E-state index in [1.54, 1.807) is 0 Å². The van der Waals surface area contributed by atoms with E-state index < -0.39 is 27.8 Å². The minimum absolute atomic E-state index is 0.181. The van der Waals surface area contributed by atoms with Crippen LogP contribution in [0.5, 0.6) is 0 Å². The lowest BCUT2D eigenvalue weighted by Crippen LogP contribution is -2.06. The first-order valence-electron chi connectivity index (χ1n) is 3.79. The van der Waals surface area contributed by atoms with Crippen molar-refractivity contribution in [3.8, 4) is 0 Å². The Kier molecular flexibility index (Phi) is 3.48. The number of alkyl halides is 2. The van der Waals surface area contributed by atoms with E-state index in [1.165, 1.54) is 0 Å². The van der Waals surface area contributed by atoms with E-state index >= 15 is 0 Å². The number of hydrogen-bond acceptors (Lipinski definition) is 4. The molecule has 1 rings (SSSR count). The number of nitrogens with two attached hydrogens (primary N) is 1. The third-order valence-electron chi connectivity index (χ3n) is 1.73. The maximum atomic E-state index is 12.3. The second kappa shape index (κ2) is 4.45. The highest BCUT2D eigenvalue weighted by atomic mass is 35.5. The second-order valence-electron chi connectivity index (χ2n) is 2.59. The van der Waals surface area contributed by atoms with Crippen LogP contribution in [0.15, 0.2) is 6.20 Å². The first-order valence-corrected chi connectivity index (χ1v) is 4.16. The summed E-state index contributed by atoms with van der Waals surface area (Å²) < 4.78 is 24.7. The van der Waals surface area contributed by atoms with Crippen molar-refractivity contribution in [1.29, 1.82) is 0 Å². The zero-order valence-electron chi connectivity index (χ0n) is 7.28. The van der Waals surface area contributed by atoms with Crippen molar-refractivity contribution in [2.45, 2.75) is 13.0 Å². The van der Waals surface area contributed by atoms with Crippen molar-refractivity contribution in [3.05, 3.63) is 32.5 Å². The molecule has 8 heteroatoms. The molecule has 0 unspecified atom stereocenters. The third-order valence-corrected chi connectivity index (χ3v) is 2.17. The van der Waals surface area contributed by atoms with E-state index in [9.17, 15) is 18.9 Å². The lowest BCUT2D eigenvalue weighted by atomic mass is 10.2. The highest BCUT2D eigenvalue weighted by Gasteiger charge is 2.24. The number of halogens is 3. The van der Waals surface area contributed by atoms with Gasteiger partial charge in [0.15, 0.2) is 6.20 Å². The molecule has 0 saturated carbocycles. The molecule has 0 bridgehead atoms. The summed E-state index contributed by atoms with van der Waals surface area (Å²) in [6.07, 6.45) is -2.15. The molecule has 0 amide bonds. The number of aromatic nitrogens is 1. The van der Waals surface area contributed by atoms with Crippen LogP contribution in [0.1, 0.15) is 17.6 Å². The topological polar surface area (TPSA) is 82.0 Å². The molecule has 0 saturated heterocycles. The molecule has 15 heavy (non-hydrogen) atoms. The van der Waals surface area contributed by atoms with Gasteiger partial charge in [0.05, 0.1) is 16.1 Å². The van der Waals surface area contributed by atoms with Crippen LogP contribution in [0.2, 0.25) is 5.02 Å². The summed E-state index contributed by atoms with van der Waals surface area (Å²) in [5.74, 6) is -0.591. The molecule has 0 spiro atoms. The molecule has 0 fully saturated rings. The van der Waals surface area contributed by atoms with Crippen LogP contribution in [0, 0.1) is 10.1 Å². The van der Waals surface area contributed by atoms with Gasteiger partial charge in [-0.1, -0.05) is 11.6 Å². The average Bonchev–Trinajstić information content (AvgIpc) is 2.16. The third kappa shape index (κ3) is 2.18. The average molecular weight is 238 g/mol. The van der Waals surface area contributed by atoms with Gasteiger partial charge in [-0.2, -0.15) is 0 Å². The molecule has 1 aromatic heterocycles. The number of nitro groups is 1. The van der Waals surface area contributed by atoms with Gasteiger partial charge in [-0.3, -0.25) is 0 Å². The van der Waals surface area contributed by atoms with Gasteiger partial charge in [0.2, 0.25) is 0 Å². The smallest absolute Gasteiger partial charge is 0.358 e. The van der Waals surface area contributed by atoms with Crippen molar-refractivity contribution in [2.24, 2.45) is 5.73 Å². The second-order valence-corrected chi connectivity index (χ2v) is 2.97. The molecule has 0 aliphatic rings. The van der Waals surface area contributed by atoms with E-state index in [4.69, 9.17) is 17.3 Å². The number of nitrogens with zero attached hydrogens (tertiary/aromatic N) is 2. The van der Waals surface area contributed by atoms with Crippen molar-refractivity contribution in [1.82, 2.24) is 4.98 Å². The summed E-state index contributed by atoms with van der Waals surface area (Å²) in [5, 5.41) is 10.1. The van der Waals surface area contributed by atoms with Gasteiger partial charge in [-0.15, -0.1) is 0 Å². The fourth-order valence-electron chi connectivity index (χ4n) is 1.03. The summed E-state index contributed by atoms with van der Waals surface area (Å²) in [4.78, 5) is 12.9. The number of hydrogen-bond donors (Lipinski definition) is 1. The summed E-state index contributed by atoms with van der Waals surface area (Å²) in [7, 11) is 0. The molecular formula is C7H6ClF2N3O2. The molecule has 1 heterocycles. The summed E-state index contributed by atoms with van der Waals surface area (Å²) >= 11 is 5.55. The highest BCUT2D eigenvalue weighted by Crippen LogP contribution is 2.32. The molecule has 0 atom stereocenters. The number of pyridine rings is 1. The lowest BCUT2D eigenvalue weighted by Gasteiger charge is -2.05. The van der Waals surface area contributed by atoms with Crippen LogP contribution in [-0.4, -0.2) is 9.91 Å². The molecule has 0 radical (unpaired) electrons. The van der Waals surface area contributed by atoms with Gasteiger partial charge >= 0.3 is 5.82 Å². The molecule has 0 aliphatic carbocycles. The van der Waals surface area contributed by atoms with E-state index in [2.05, 4.69) is 4.98 Å². The van der Waals surface area contributed by atoms with Crippen molar-refractivity contribution < 1.29 is 13.7 Å². The quantitative estimate of drug-likeness (QED) is 0.644. The molecule has 0 aliphatic heterocycles. The van der Waals surface area contributed by atoms with Gasteiger partial charge in [-0.25, -0.2) is 8.78 Å². The maximum Gasteiger partial charge on any atom is 0.369 e. The van der Waals surface area contributed by atoms with Crippen LogP contribution >= 0.6 is 11.6 Å². The predicted octanol–water partition coefficient (Wildman–Crippen LogP) is 2.04. The Morgan fingerprint density at radius 1 is 1.67 bits per heavy atom. The summed E-state index contributed by atoms with van der Waals surface area (Å²) in [6.45, 7) is -0.317. The van der Waals surface area contributed by atoms with Gasteiger partial charge in [0.25, 0.3) is 6.43 Å². The molecule has 2 N–H and O–H groups in total. The Hall–Kier alpha value is -1.34. The van der Waals surface area contributed by atoms with Gasteiger partial charge in [0.1, 0.15) is 0 Å². The van der Waals surface area contributed by atoms with Crippen LogP contribution in [0.4, 0.5) is 14.6 Å². The van der Waals surface area contributed by atoms with Gasteiger partial charge in [0, 0.05) is 6.54 Å². The Balaban J connectivity index is 3.39. The first-order chi connectivity index (χ1) is 6.99. The van der Waals surface area contributed by atoms with Gasteiger partial charge in [-0.05, 0) is 9.91 Å². The normalized spacial score (nSPS) is 10.7. The Bertz CT molecular complexity index is 400. The molecule has 5 nitrogen and oxygen atoms in total. The highest BCUT2D eigenvalue weighted by molar-refractivity contribution is 6.32. The molecule has 82 valence electrons. The van der Waals surface area contributed by atoms with Crippen LogP contribution in [0.25, 0.3) is 0 Å². The van der Waals surface area contributed by atoms with E-state index in [1.807, 2.05) is 0 Å². The minimum atomic E-state index is -2.84. The van der Waals surface area contributed by atoms with Crippen LogP contribution in [-0.2, 0) is 6.54 Å². The van der Waals surface area contributed by atoms with E-state index in [-0.39, 0.29) is 12.1 Å². The fraction of sp³-hybridized carbons (Fsp3) is 0.286. The van der Waals surface area contributed by atoms with E-state index in [0.717, 1.165) is 0 Å². The SMILES string of the molecule is NCc1c([N+](=O)[O-])ncc(C(F)F)c1Cl. The molecule has 1 aromatic rings. The predicted molar refractivity (Wildman–Crippen MR) is 48.7 cm³/mol. The van der Waals surface area contributed by atoms with Gasteiger partial charge < -0.3 is 15.8 Å². The fourth-order valence-corrected chi connectivity index (χ4v) is 1.32. The lowest BCUT2D eigenvalue weighted by molar-refractivity contribution is -0.390. The zero-order valence-corrected chi connectivity index (χ0v) is 8.04. The van der Waals surface area contributed by atoms with Crippen molar-refractivity contribution in [2.75, 3.05) is 0 Å². The molecule has 0 aromatic carbocycles. The maximum absolute atomic E-state index is 12.3. The summed E-state index contributed by atoms with van der Waals surface area (Å²) in [6, 6.07) is 0. The standard InChI is InChI=1S/C7H6ClF2N3O2/c8-5-3(1-11)7(13(14)15)12-2-4(5)6(9)10/h2,6H,1,11H2. The minimum Gasteiger partial charge on any atom is -0.358 e. The Morgan fingerprint density at radius 3 is 2.67 bits per heavy atom. The van der Waals surface area contributed by atoms with Crippen LogP contribution < -0.4 is 5.73 Å². The van der Waals surface area contributed by atoms with Crippen molar-refractivity contribution in [3.63, 3.8) is 0 Å². The monoisotopic (exact) mass is 237 g/mol. The Morgan fingerprint density at radius 2 is 2.27 bits per heavy atom. The number of rotatable bonds is 3. The van der Waals surface area contributed by atoms with E-state index in [0.29, 0.717) is 6.20 Å². The van der Waals surface area contributed by atoms with Crippen molar-refractivity contribution >= 4 is 17.4 Å². The largest absolute Gasteiger partial charge is 0.369 e. The zero-order chi connectivity index (χ0) is 11.6. The van der Waals surface area contributed by atoms with Crippen LogP contribution in [0.3, 0.4) is 0 Å². The first kappa shape index (κ1) is 11.7. The Labute approximate surface area is 88.0 Å². The molecular weight excluding hydrogens is 232 g/mol.